The van der Waals surface area contributed by atoms with Crippen molar-refractivity contribution in [2.24, 2.45) is 5.92 Å². The van der Waals surface area contributed by atoms with E-state index in [4.69, 9.17) is 4.52 Å². The van der Waals surface area contributed by atoms with Gasteiger partial charge in [0.05, 0.1) is 5.69 Å². The van der Waals surface area contributed by atoms with Crippen molar-refractivity contribution in [3.63, 3.8) is 0 Å². The number of aromatic nitrogens is 1. The van der Waals surface area contributed by atoms with Gasteiger partial charge in [0.15, 0.2) is 0 Å². The number of hydrogen-bond donors (Lipinski definition) is 1. The standard InChI is InChI=1S/C13H16N2OS/c1-9-7-11(15-16-9)8-14-13(10-4-5-10)12-3-2-6-17-12/h2-3,6-7,10,13-14H,4-5,8H2,1H3. The lowest BCUT2D eigenvalue weighted by Gasteiger charge is -2.15. The van der Waals surface area contributed by atoms with Gasteiger partial charge in [-0.15, -0.1) is 11.3 Å². The fourth-order valence-electron chi connectivity index (χ4n) is 2.11. The zero-order valence-electron chi connectivity index (χ0n) is 9.85. The van der Waals surface area contributed by atoms with Gasteiger partial charge in [-0.25, -0.2) is 0 Å². The van der Waals surface area contributed by atoms with E-state index in [-0.39, 0.29) is 0 Å². The minimum atomic E-state index is 0.493. The molecule has 90 valence electrons. The molecule has 2 aromatic rings. The molecule has 0 aromatic carbocycles. The second-order valence-corrected chi connectivity index (χ2v) is 5.62. The summed E-state index contributed by atoms with van der Waals surface area (Å²) in [6.45, 7) is 2.71. The van der Waals surface area contributed by atoms with Gasteiger partial charge < -0.3 is 9.84 Å². The summed E-state index contributed by atoms with van der Waals surface area (Å²) >= 11 is 1.83. The van der Waals surface area contributed by atoms with Crippen molar-refractivity contribution in [3.8, 4) is 0 Å². The number of hydrogen-bond acceptors (Lipinski definition) is 4. The largest absolute Gasteiger partial charge is 0.361 e. The first kappa shape index (κ1) is 11.0. The van der Waals surface area contributed by atoms with Crippen LogP contribution in [0.15, 0.2) is 28.1 Å². The molecule has 0 bridgehead atoms. The topological polar surface area (TPSA) is 38.1 Å². The molecule has 0 saturated heterocycles. The smallest absolute Gasteiger partial charge is 0.133 e. The molecule has 2 heterocycles. The summed E-state index contributed by atoms with van der Waals surface area (Å²) in [5.41, 5.74) is 0.990. The number of thiophene rings is 1. The maximum Gasteiger partial charge on any atom is 0.133 e. The van der Waals surface area contributed by atoms with Crippen molar-refractivity contribution in [3.05, 3.63) is 39.9 Å². The van der Waals surface area contributed by atoms with Gasteiger partial charge in [-0.05, 0) is 37.1 Å². The van der Waals surface area contributed by atoms with Crippen LogP contribution in [0.1, 0.15) is 35.2 Å². The molecular weight excluding hydrogens is 232 g/mol. The van der Waals surface area contributed by atoms with Crippen LogP contribution in [0.3, 0.4) is 0 Å². The van der Waals surface area contributed by atoms with Crippen LogP contribution in [-0.2, 0) is 6.54 Å². The van der Waals surface area contributed by atoms with Crippen molar-refractivity contribution in [2.45, 2.75) is 32.4 Å². The lowest BCUT2D eigenvalue weighted by atomic mass is 10.1. The predicted molar refractivity (Wildman–Crippen MR) is 67.9 cm³/mol. The Morgan fingerprint density at radius 1 is 1.59 bits per heavy atom. The Hall–Kier alpha value is -1.13. The van der Waals surface area contributed by atoms with Gasteiger partial charge in [0.1, 0.15) is 5.76 Å². The zero-order chi connectivity index (χ0) is 11.7. The van der Waals surface area contributed by atoms with E-state index >= 15 is 0 Å². The quantitative estimate of drug-likeness (QED) is 0.882. The molecule has 4 heteroatoms. The van der Waals surface area contributed by atoms with Gasteiger partial charge in [-0.1, -0.05) is 11.2 Å². The third-order valence-electron chi connectivity index (χ3n) is 3.12. The molecule has 1 unspecified atom stereocenters. The fraction of sp³-hybridized carbons (Fsp3) is 0.462. The highest BCUT2D eigenvalue weighted by atomic mass is 32.1. The van der Waals surface area contributed by atoms with E-state index in [9.17, 15) is 0 Å². The number of aryl methyl sites for hydroxylation is 1. The highest BCUT2D eigenvalue weighted by Gasteiger charge is 2.32. The summed E-state index contributed by atoms with van der Waals surface area (Å²) in [6, 6.07) is 6.82. The first-order chi connectivity index (χ1) is 8.33. The Labute approximate surface area is 105 Å². The molecule has 3 rings (SSSR count). The SMILES string of the molecule is Cc1cc(CNC(c2cccs2)C2CC2)no1. The maximum atomic E-state index is 5.08. The van der Waals surface area contributed by atoms with Crippen LogP contribution in [0, 0.1) is 12.8 Å². The van der Waals surface area contributed by atoms with Crippen LogP contribution >= 0.6 is 11.3 Å². The molecule has 2 aromatic heterocycles. The third kappa shape index (κ3) is 2.58. The Morgan fingerprint density at radius 3 is 3.06 bits per heavy atom. The average molecular weight is 248 g/mol. The summed E-state index contributed by atoms with van der Waals surface area (Å²) in [6.07, 6.45) is 2.68. The Morgan fingerprint density at radius 2 is 2.47 bits per heavy atom. The summed E-state index contributed by atoms with van der Waals surface area (Å²) in [5, 5.41) is 9.76. The lowest BCUT2D eigenvalue weighted by Crippen LogP contribution is -2.21. The average Bonchev–Trinajstić information content (AvgIpc) is 2.85. The maximum absolute atomic E-state index is 5.08. The molecule has 0 spiro atoms. The van der Waals surface area contributed by atoms with Crippen LogP contribution in [0.2, 0.25) is 0 Å². The van der Waals surface area contributed by atoms with Crippen molar-refractivity contribution in [2.75, 3.05) is 0 Å². The normalized spacial score (nSPS) is 17.2. The molecule has 0 radical (unpaired) electrons. The molecular formula is C13H16N2OS. The zero-order valence-corrected chi connectivity index (χ0v) is 10.7. The molecule has 0 aliphatic heterocycles. The number of nitrogens with one attached hydrogen (secondary N) is 1. The van der Waals surface area contributed by atoms with E-state index < -0.39 is 0 Å². The van der Waals surface area contributed by atoms with Gasteiger partial charge in [0, 0.05) is 23.5 Å². The second kappa shape index (κ2) is 4.63. The molecule has 1 fully saturated rings. The van der Waals surface area contributed by atoms with Gasteiger partial charge in [0.2, 0.25) is 0 Å². The van der Waals surface area contributed by atoms with Crippen LogP contribution in [0.25, 0.3) is 0 Å². The minimum Gasteiger partial charge on any atom is -0.361 e. The predicted octanol–water partition coefficient (Wildman–Crippen LogP) is 3.29. The highest BCUT2D eigenvalue weighted by Crippen LogP contribution is 2.42. The number of nitrogens with zero attached hydrogens (tertiary/aromatic N) is 1. The fourth-order valence-corrected chi connectivity index (χ4v) is 3.01. The summed E-state index contributed by atoms with van der Waals surface area (Å²) < 4.78 is 5.08. The van der Waals surface area contributed by atoms with Crippen molar-refractivity contribution in [1.82, 2.24) is 10.5 Å². The van der Waals surface area contributed by atoms with E-state index in [2.05, 4.69) is 28.0 Å². The molecule has 0 amide bonds. The Balaban J connectivity index is 1.65. The molecule has 1 saturated carbocycles. The molecule has 1 N–H and O–H groups in total. The van der Waals surface area contributed by atoms with Crippen LogP contribution in [0.4, 0.5) is 0 Å². The van der Waals surface area contributed by atoms with Crippen molar-refractivity contribution < 1.29 is 4.52 Å². The Kier molecular flexibility index (Phi) is 2.99. The van der Waals surface area contributed by atoms with Crippen LogP contribution in [0.5, 0.6) is 0 Å². The van der Waals surface area contributed by atoms with Gasteiger partial charge in [-0.3, -0.25) is 0 Å². The first-order valence-electron chi connectivity index (χ1n) is 6.02. The van der Waals surface area contributed by atoms with Crippen LogP contribution < -0.4 is 5.32 Å². The summed E-state index contributed by atoms with van der Waals surface area (Å²) in [5.74, 6) is 1.68. The molecule has 3 nitrogen and oxygen atoms in total. The number of rotatable bonds is 5. The lowest BCUT2D eigenvalue weighted by molar-refractivity contribution is 0.383. The van der Waals surface area contributed by atoms with E-state index in [1.807, 2.05) is 24.3 Å². The van der Waals surface area contributed by atoms with Gasteiger partial charge in [0.25, 0.3) is 0 Å². The van der Waals surface area contributed by atoms with Crippen molar-refractivity contribution in [1.29, 1.82) is 0 Å². The minimum absolute atomic E-state index is 0.493. The summed E-state index contributed by atoms with van der Waals surface area (Å²) in [4.78, 5) is 1.44. The van der Waals surface area contributed by atoms with Crippen molar-refractivity contribution >= 4 is 11.3 Å². The Bertz CT molecular complexity index is 473. The molecule has 17 heavy (non-hydrogen) atoms. The molecule has 1 aliphatic carbocycles. The van der Waals surface area contributed by atoms with E-state index in [0.29, 0.717) is 6.04 Å². The van der Waals surface area contributed by atoms with Crippen LogP contribution in [-0.4, -0.2) is 5.16 Å². The molecule has 1 aliphatic rings. The highest BCUT2D eigenvalue weighted by molar-refractivity contribution is 7.10. The third-order valence-corrected chi connectivity index (χ3v) is 4.08. The summed E-state index contributed by atoms with van der Waals surface area (Å²) in [7, 11) is 0. The van der Waals surface area contributed by atoms with E-state index in [1.165, 1.54) is 17.7 Å². The van der Waals surface area contributed by atoms with E-state index in [0.717, 1.165) is 23.9 Å². The van der Waals surface area contributed by atoms with Gasteiger partial charge in [-0.2, -0.15) is 0 Å². The second-order valence-electron chi connectivity index (χ2n) is 4.64. The van der Waals surface area contributed by atoms with Gasteiger partial charge >= 0.3 is 0 Å². The van der Waals surface area contributed by atoms with E-state index in [1.54, 1.807) is 0 Å². The monoisotopic (exact) mass is 248 g/mol. The molecule has 1 atom stereocenters. The first-order valence-corrected chi connectivity index (χ1v) is 6.90.